The minimum absolute atomic E-state index is 0. The normalized spacial score (nSPS) is 18.3. The SMILES string of the molecule is COc1ccc(-c2cc(C(=O)NC3CCNC(C)C3)nn2-c2ccccc2)cc1.Cl. The van der Waals surface area contributed by atoms with Crippen LogP contribution in [0.15, 0.2) is 60.7 Å². The van der Waals surface area contributed by atoms with E-state index in [1.807, 2.05) is 65.3 Å². The second-order valence-corrected chi connectivity index (χ2v) is 7.44. The Morgan fingerprint density at radius 3 is 2.57 bits per heavy atom. The van der Waals surface area contributed by atoms with Crippen LogP contribution in [0.1, 0.15) is 30.3 Å². The molecule has 1 fully saturated rings. The third-order valence-electron chi connectivity index (χ3n) is 5.29. The molecule has 1 aliphatic heterocycles. The van der Waals surface area contributed by atoms with Gasteiger partial charge < -0.3 is 15.4 Å². The second-order valence-electron chi connectivity index (χ2n) is 7.44. The molecular weight excluding hydrogens is 400 g/mol. The first-order valence-corrected chi connectivity index (χ1v) is 9.98. The summed E-state index contributed by atoms with van der Waals surface area (Å²) in [5.41, 5.74) is 3.16. The van der Waals surface area contributed by atoms with Crippen molar-refractivity contribution in [2.45, 2.75) is 31.8 Å². The van der Waals surface area contributed by atoms with Gasteiger partial charge in [0.1, 0.15) is 5.75 Å². The summed E-state index contributed by atoms with van der Waals surface area (Å²) in [5, 5.41) is 11.2. The molecule has 1 saturated heterocycles. The molecule has 0 spiro atoms. The molecule has 0 aliphatic carbocycles. The largest absolute Gasteiger partial charge is 0.497 e. The van der Waals surface area contributed by atoms with Gasteiger partial charge in [-0.25, -0.2) is 4.68 Å². The van der Waals surface area contributed by atoms with E-state index in [-0.39, 0.29) is 24.4 Å². The Labute approximate surface area is 183 Å². The first-order chi connectivity index (χ1) is 14.1. The fraction of sp³-hybridized carbons (Fsp3) is 0.304. The fourth-order valence-electron chi connectivity index (χ4n) is 3.75. The van der Waals surface area contributed by atoms with Gasteiger partial charge in [-0.1, -0.05) is 18.2 Å². The van der Waals surface area contributed by atoms with E-state index >= 15 is 0 Å². The number of nitrogens with zero attached hydrogens (tertiary/aromatic N) is 2. The van der Waals surface area contributed by atoms with Crippen LogP contribution in [-0.4, -0.2) is 41.4 Å². The molecular formula is C23H27ClN4O2. The Morgan fingerprint density at radius 1 is 1.17 bits per heavy atom. The standard InChI is InChI=1S/C23H26N4O2.ClH/c1-16-14-18(12-13-24-16)25-23(28)21-15-22(17-8-10-20(29-2)11-9-17)27(26-21)19-6-4-3-5-7-19;/h3-11,15-16,18,24H,12-14H2,1-2H3,(H,25,28);1H. The number of aromatic nitrogens is 2. The first-order valence-electron chi connectivity index (χ1n) is 9.98. The maximum absolute atomic E-state index is 12.9. The molecule has 7 heteroatoms. The van der Waals surface area contributed by atoms with E-state index in [4.69, 9.17) is 4.74 Å². The molecule has 2 N–H and O–H groups in total. The maximum atomic E-state index is 12.9. The molecule has 0 bridgehead atoms. The van der Waals surface area contributed by atoms with E-state index in [1.54, 1.807) is 7.11 Å². The van der Waals surface area contributed by atoms with Crippen LogP contribution in [0, 0.1) is 0 Å². The molecule has 3 aromatic rings. The average Bonchev–Trinajstić information content (AvgIpc) is 3.20. The molecule has 158 valence electrons. The summed E-state index contributed by atoms with van der Waals surface area (Å²) in [4.78, 5) is 12.9. The van der Waals surface area contributed by atoms with Gasteiger partial charge in [-0.2, -0.15) is 5.10 Å². The molecule has 30 heavy (non-hydrogen) atoms. The number of rotatable bonds is 5. The molecule has 0 saturated carbocycles. The van der Waals surface area contributed by atoms with Gasteiger partial charge in [0.15, 0.2) is 5.69 Å². The van der Waals surface area contributed by atoms with Crippen LogP contribution in [0.5, 0.6) is 5.75 Å². The van der Waals surface area contributed by atoms with Crippen LogP contribution in [-0.2, 0) is 0 Å². The molecule has 0 radical (unpaired) electrons. The summed E-state index contributed by atoms with van der Waals surface area (Å²) in [7, 11) is 1.65. The van der Waals surface area contributed by atoms with E-state index in [0.717, 1.165) is 42.1 Å². The van der Waals surface area contributed by atoms with Gasteiger partial charge >= 0.3 is 0 Å². The van der Waals surface area contributed by atoms with Crippen LogP contribution in [0.3, 0.4) is 0 Å². The molecule has 1 amide bonds. The summed E-state index contributed by atoms with van der Waals surface area (Å²) in [5.74, 6) is 0.658. The molecule has 2 atom stereocenters. The predicted molar refractivity (Wildman–Crippen MR) is 121 cm³/mol. The summed E-state index contributed by atoms with van der Waals surface area (Å²) >= 11 is 0. The second kappa shape index (κ2) is 9.78. The Balaban J connectivity index is 0.00000256. The van der Waals surface area contributed by atoms with Crippen molar-refractivity contribution in [3.05, 3.63) is 66.4 Å². The van der Waals surface area contributed by atoms with Gasteiger partial charge in [0.25, 0.3) is 5.91 Å². The van der Waals surface area contributed by atoms with Gasteiger partial charge in [-0.15, -0.1) is 12.4 Å². The lowest BCUT2D eigenvalue weighted by Gasteiger charge is -2.28. The minimum Gasteiger partial charge on any atom is -0.497 e. The summed E-state index contributed by atoms with van der Waals surface area (Å²) < 4.78 is 7.09. The monoisotopic (exact) mass is 426 g/mol. The fourth-order valence-corrected chi connectivity index (χ4v) is 3.75. The van der Waals surface area contributed by atoms with Crippen LogP contribution < -0.4 is 15.4 Å². The maximum Gasteiger partial charge on any atom is 0.272 e. The molecule has 2 aromatic carbocycles. The van der Waals surface area contributed by atoms with Crippen molar-refractivity contribution in [3.8, 4) is 22.7 Å². The highest BCUT2D eigenvalue weighted by Crippen LogP contribution is 2.26. The van der Waals surface area contributed by atoms with E-state index < -0.39 is 0 Å². The number of piperidine rings is 1. The van der Waals surface area contributed by atoms with Crippen molar-refractivity contribution < 1.29 is 9.53 Å². The molecule has 4 rings (SSSR count). The molecule has 2 unspecified atom stereocenters. The van der Waals surface area contributed by atoms with E-state index in [9.17, 15) is 4.79 Å². The topological polar surface area (TPSA) is 68.2 Å². The lowest BCUT2D eigenvalue weighted by molar-refractivity contribution is 0.0920. The van der Waals surface area contributed by atoms with E-state index in [2.05, 4.69) is 22.7 Å². The van der Waals surface area contributed by atoms with Crippen molar-refractivity contribution in [3.63, 3.8) is 0 Å². The van der Waals surface area contributed by atoms with Gasteiger partial charge in [-0.05, 0) is 68.8 Å². The number of halogens is 1. The van der Waals surface area contributed by atoms with Gasteiger partial charge in [-0.3, -0.25) is 4.79 Å². The predicted octanol–water partition coefficient (Wildman–Crippen LogP) is 3.84. The number of ether oxygens (including phenoxy) is 1. The quantitative estimate of drug-likeness (QED) is 0.650. The van der Waals surface area contributed by atoms with Crippen molar-refractivity contribution in [2.75, 3.05) is 13.7 Å². The third-order valence-corrected chi connectivity index (χ3v) is 5.29. The number of benzene rings is 2. The van der Waals surface area contributed by atoms with Gasteiger partial charge in [0.05, 0.1) is 18.5 Å². The number of amides is 1. The Bertz CT molecular complexity index is 973. The molecule has 6 nitrogen and oxygen atoms in total. The van der Waals surface area contributed by atoms with E-state index in [1.165, 1.54) is 0 Å². The van der Waals surface area contributed by atoms with Crippen molar-refractivity contribution in [1.29, 1.82) is 0 Å². The third kappa shape index (κ3) is 4.83. The number of nitrogens with one attached hydrogen (secondary N) is 2. The van der Waals surface area contributed by atoms with Gasteiger partial charge in [0, 0.05) is 17.6 Å². The van der Waals surface area contributed by atoms with Crippen LogP contribution in [0.4, 0.5) is 0 Å². The zero-order valence-electron chi connectivity index (χ0n) is 17.2. The van der Waals surface area contributed by atoms with Crippen LogP contribution in [0.25, 0.3) is 16.9 Å². The number of carbonyl (C=O) groups excluding carboxylic acids is 1. The zero-order valence-corrected chi connectivity index (χ0v) is 18.0. The van der Waals surface area contributed by atoms with Crippen LogP contribution >= 0.6 is 12.4 Å². The van der Waals surface area contributed by atoms with Crippen molar-refractivity contribution >= 4 is 18.3 Å². The van der Waals surface area contributed by atoms with E-state index in [0.29, 0.717) is 11.7 Å². The number of carbonyl (C=O) groups is 1. The number of para-hydroxylation sites is 1. The average molecular weight is 427 g/mol. The summed E-state index contributed by atoms with van der Waals surface area (Å²) in [6.45, 7) is 3.06. The molecule has 1 aromatic heterocycles. The number of hydrogen-bond acceptors (Lipinski definition) is 4. The van der Waals surface area contributed by atoms with Gasteiger partial charge in [0.2, 0.25) is 0 Å². The Kier molecular flexibility index (Phi) is 7.13. The smallest absolute Gasteiger partial charge is 0.272 e. The highest BCUT2D eigenvalue weighted by molar-refractivity contribution is 5.93. The number of hydrogen-bond donors (Lipinski definition) is 2. The Morgan fingerprint density at radius 2 is 1.90 bits per heavy atom. The summed E-state index contributed by atoms with van der Waals surface area (Å²) in [6, 6.07) is 20.1. The molecule has 1 aliphatic rings. The molecule has 2 heterocycles. The highest BCUT2D eigenvalue weighted by atomic mass is 35.5. The van der Waals surface area contributed by atoms with Crippen LogP contribution in [0.2, 0.25) is 0 Å². The summed E-state index contributed by atoms with van der Waals surface area (Å²) in [6.07, 6.45) is 1.86. The zero-order chi connectivity index (χ0) is 20.2. The van der Waals surface area contributed by atoms with Crippen molar-refractivity contribution in [2.24, 2.45) is 0 Å². The number of methoxy groups -OCH3 is 1. The Hall–Kier alpha value is -2.83. The highest BCUT2D eigenvalue weighted by Gasteiger charge is 2.23. The lowest BCUT2D eigenvalue weighted by Crippen LogP contribution is -2.46. The first kappa shape index (κ1) is 21.9. The minimum atomic E-state index is -0.131. The van der Waals surface area contributed by atoms with Crippen molar-refractivity contribution in [1.82, 2.24) is 20.4 Å². The lowest BCUT2D eigenvalue weighted by atomic mass is 10.0.